The molecule has 0 aliphatic rings. The summed E-state index contributed by atoms with van der Waals surface area (Å²) in [7, 11) is 8.11. The fraction of sp³-hybridized carbons (Fsp3) is 0.333. The van der Waals surface area contributed by atoms with E-state index in [1.54, 1.807) is 6.33 Å². The summed E-state index contributed by atoms with van der Waals surface area (Å²) in [6, 6.07) is 10.4. The molecule has 0 unspecified atom stereocenters. The van der Waals surface area contributed by atoms with Crippen LogP contribution in [0.15, 0.2) is 36.7 Å². The van der Waals surface area contributed by atoms with E-state index in [4.69, 9.17) is 0 Å². The van der Waals surface area contributed by atoms with Crippen molar-refractivity contribution < 1.29 is 0 Å². The van der Waals surface area contributed by atoms with Crippen LogP contribution in [0.1, 0.15) is 5.56 Å². The van der Waals surface area contributed by atoms with Crippen LogP contribution >= 0.6 is 0 Å². The lowest BCUT2D eigenvalue weighted by atomic mass is 10.0. The smallest absolute Gasteiger partial charge is 0.132 e. The minimum Gasteiger partial charge on any atom is -0.363 e. The summed E-state index contributed by atoms with van der Waals surface area (Å²) in [6.45, 7) is 0.900. The van der Waals surface area contributed by atoms with Crippen LogP contribution in [0, 0.1) is 0 Å². The van der Waals surface area contributed by atoms with Gasteiger partial charge in [0, 0.05) is 32.3 Å². The second-order valence-electron chi connectivity index (χ2n) is 5.05. The van der Waals surface area contributed by atoms with Gasteiger partial charge in [0.15, 0.2) is 0 Å². The third kappa shape index (κ3) is 3.29. The first-order valence-corrected chi connectivity index (χ1v) is 6.30. The molecule has 0 spiro atoms. The Morgan fingerprint density at radius 2 is 1.74 bits per heavy atom. The zero-order chi connectivity index (χ0) is 13.8. The third-order valence-corrected chi connectivity index (χ3v) is 2.89. The maximum Gasteiger partial charge on any atom is 0.132 e. The number of nitrogens with zero attached hydrogens (tertiary/aromatic N) is 4. The van der Waals surface area contributed by atoms with E-state index < -0.39 is 0 Å². The van der Waals surface area contributed by atoms with Crippen molar-refractivity contribution in [3.8, 4) is 11.3 Å². The van der Waals surface area contributed by atoms with E-state index in [0.29, 0.717) is 0 Å². The minimum absolute atomic E-state index is 0.900. The van der Waals surface area contributed by atoms with E-state index in [1.165, 1.54) is 11.1 Å². The Balaban J connectivity index is 2.43. The molecule has 0 saturated carbocycles. The van der Waals surface area contributed by atoms with Gasteiger partial charge < -0.3 is 9.80 Å². The molecule has 2 rings (SSSR count). The number of benzene rings is 1. The van der Waals surface area contributed by atoms with Gasteiger partial charge in [0.1, 0.15) is 12.1 Å². The van der Waals surface area contributed by atoms with Crippen LogP contribution in [0.2, 0.25) is 0 Å². The fourth-order valence-electron chi connectivity index (χ4n) is 1.99. The lowest BCUT2D eigenvalue weighted by Crippen LogP contribution is -2.12. The summed E-state index contributed by atoms with van der Waals surface area (Å²) in [5.41, 5.74) is 3.41. The van der Waals surface area contributed by atoms with Crippen molar-refractivity contribution in [2.75, 3.05) is 33.1 Å². The summed E-state index contributed by atoms with van der Waals surface area (Å²) >= 11 is 0. The predicted molar refractivity (Wildman–Crippen MR) is 79.2 cm³/mol. The number of hydrogen-bond acceptors (Lipinski definition) is 4. The summed E-state index contributed by atoms with van der Waals surface area (Å²) in [5, 5.41) is 0. The average molecular weight is 256 g/mol. The Labute approximate surface area is 114 Å². The number of rotatable bonds is 4. The molecule has 0 bridgehead atoms. The molecule has 0 amide bonds. The van der Waals surface area contributed by atoms with E-state index in [-0.39, 0.29) is 0 Å². The maximum atomic E-state index is 4.40. The first-order chi connectivity index (χ1) is 9.08. The number of aromatic nitrogens is 2. The van der Waals surface area contributed by atoms with Gasteiger partial charge in [-0.3, -0.25) is 0 Å². The van der Waals surface area contributed by atoms with Gasteiger partial charge in [-0.2, -0.15) is 0 Å². The Morgan fingerprint density at radius 3 is 2.42 bits per heavy atom. The van der Waals surface area contributed by atoms with Gasteiger partial charge in [-0.25, -0.2) is 9.97 Å². The Kier molecular flexibility index (Phi) is 4.12. The Hall–Kier alpha value is -1.94. The van der Waals surface area contributed by atoms with Gasteiger partial charge in [-0.1, -0.05) is 24.3 Å². The molecule has 4 heteroatoms. The summed E-state index contributed by atoms with van der Waals surface area (Å²) in [5.74, 6) is 0.921. The molecule has 1 heterocycles. The van der Waals surface area contributed by atoms with Crippen LogP contribution in [0.5, 0.6) is 0 Å². The third-order valence-electron chi connectivity index (χ3n) is 2.89. The Morgan fingerprint density at radius 1 is 1.00 bits per heavy atom. The van der Waals surface area contributed by atoms with Crippen LogP contribution in [0.25, 0.3) is 11.3 Å². The fourth-order valence-corrected chi connectivity index (χ4v) is 1.99. The standard InChI is InChI=1S/C15H20N4/c1-18(2)10-12-7-5-6-8-13(12)14-9-15(19(3)4)17-11-16-14/h5-9,11H,10H2,1-4H3. The highest BCUT2D eigenvalue weighted by atomic mass is 15.1. The zero-order valence-corrected chi connectivity index (χ0v) is 12.0. The van der Waals surface area contributed by atoms with Crippen LogP contribution < -0.4 is 4.90 Å². The normalized spacial score (nSPS) is 10.8. The first kappa shape index (κ1) is 13.5. The number of anilines is 1. The first-order valence-electron chi connectivity index (χ1n) is 6.30. The summed E-state index contributed by atoms with van der Waals surface area (Å²) in [4.78, 5) is 12.8. The molecule has 0 saturated heterocycles. The highest BCUT2D eigenvalue weighted by Gasteiger charge is 2.08. The molecule has 0 aliphatic carbocycles. The molecule has 1 aromatic heterocycles. The number of hydrogen-bond donors (Lipinski definition) is 0. The Bertz CT molecular complexity index is 549. The van der Waals surface area contributed by atoms with Crippen molar-refractivity contribution >= 4 is 5.82 Å². The van der Waals surface area contributed by atoms with E-state index >= 15 is 0 Å². The second-order valence-corrected chi connectivity index (χ2v) is 5.05. The average Bonchev–Trinajstić information content (AvgIpc) is 2.39. The molecule has 0 N–H and O–H groups in total. The van der Waals surface area contributed by atoms with Crippen molar-refractivity contribution in [3.05, 3.63) is 42.2 Å². The van der Waals surface area contributed by atoms with Gasteiger partial charge >= 0.3 is 0 Å². The molecule has 1 aromatic carbocycles. The van der Waals surface area contributed by atoms with Crippen LogP contribution in [0.3, 0.4) is 0 Å². The lowest BCUT2D eigenvalue weighted by Gasteiger charge is -2.15. The van der Waals surface area contributed by atoms with E-state index in [0.717, 1.165) is 18.1 Å². The SMILES string of the molecule is CN(C)Cc1ccccc1-c1cc(N(C)C)ncn1. The van der Waals surface area contributed by atoms with Crippen molar-refractivity contribution in [2.24, 2.45) is 0 Å². The van der Waals surface area contributed by atoms with Crippen LogP contribution in [0.4, 0.5) is 5.82 Å². The molecule has 4 nitrogen and oxygen atoms in total. The van der Waals surface area contributed by atoms with Crippen molar-refractivity contribution in [1.29, 1.82) is 0 Å². The van der Waals surface area contributed by atoms with Gasteiger partial charge in [0.05, 0.1) is 5.69 Å². The highest BCUT2D eigenvalue weighted by Crippen LogP contribution is 2.24. The molecule has 0 radical (unpaired) electrons. The van der Waals surface area contributed by atoms with Gasteiger partial charge in [0.2, 0.25) is 0 Å². The van der Waals surface area contributed by atoms with Crippen molar-refractivity contribution in [3.63, 3.8) is 0 Å². The molecule has 100 valence electrons. The van der Waals surface area contributed by atoms with E-state index in [1.807, 2.05) is 31.1 Å². The van der Waals surface area contributed by atoms with E-state index in [2.05, 4.69) is 47.2 Å². The van der Waals surface area contributed by atoms with Crippen molar-refractivity contribution in [1.82, 2.24) is 14.9 Å². The second kappa shape index (κ2) is 5.80. The van der Waals surface area contributed by atoms with Gasteiger partial charge in [0.25, 0.3) is 0 Å². The molecule has 19 heavy (non-hydrogen) atoms. The molecular formula is C15H20N4. The topological polar surface area (TPSA) is 32.3 Å². The van der Waals surface area contributed by atoms with E-state index in [9.17, 15) is 0 Å². The highest BCUT2D eigenvalue weighted by molar-refractivity contribution is 5.66. The largest absolute Gasteiger partial charge is 0.363 e. The summed E-state index contributed by atoms with van der Waals surface area (Å²) < 4.78 is 0. The molecule has 0 fully saturated rings. The molecule has 2 aromatic rings. The predicted octanol–water partition coefficient (Wildman–Crippen LogP) is 2.27. The maximum absolute atomic E-state index is 4.40. The van der Waals surface area contributed by atoms with Crippen molar-refractivity contribution in [2.45, 2.75) is 6.54 Å². The summed E-state index contributed by atoms with van der Waals surface area (Å²) in [6.07, 6.45) is 1.62. The molecule has 0 aliphatic heterocycles. The van der Waals surface area contributed by atoms with Crippen LogP contribution in [-0.4, -0.2) is 43.1 Å². The quantitative estimate of drug-likeness (QED) is 0.840. The van der Waals surface area contributed by atoms with Crippen LogP contribution in [-0.2, 0) is 6.54 Å². The minimum atomic E-state index is 0.900. The zero-order valence-electron chi connectivity index (χ0n) is 12.0. The van der Waals surface area contributed by atoms with Gasteiger partial charge in [-0.15, -0.1) is 0 Å². The molecular weight excluding hydrogens is 236 g/mol. The van der Waals surface area contributed by atoms with Gasteiger partial charge in [-0.05, 0) is 19.7 Å². The molecule has 0 atom stereocenters. The monoisotopic (exact) mass is 256 g/mol. The lowest BCUT2D eigenvalue weighted by molar-refractivity contribution is 0.403.